The van der Waals surface area contributed by atoms with Gasteiger partial charge < -0.3 is 30.6 Å². The van der Waals surface area contributed by atoms with Crippen molar-refractivity contribution < 1.29 is 141 Å². The molecular formula is C39H37Br2K2N5O8S. The van der Waals surface area contributed by atoms with Crippen LogP contribution in [0.2, 0.25) is 0 Å². The second kappa shape index (κ2) is 29.9. The summed E-state index contributed by atoms with van der Waals surface area (Å²) in [5.41, 5.74) is 5.09. The van der Waals surface area contributed by atoms with Crippen molar-refractivity contribution in [1.29, 1.82) is 0 Å². The number of benzene rings is 4. The summed E-state index contributed by atoms with van der Waals surface area (Å²) >= 11 is 6.62. The summed E-state index contributed by atoms with van der Waals surface area (Å²) in [4.78, 5) is 34.6. The van der Waals surface area contributed by atoms with Crippen LogP contribution in [-0.4, -0.2) is 63.2 Å². The first-order valence-electron chi connectivity index (χ1n) is 16.2. The van der Waals surface area contributed by atoms with Gasteiger partial charge >= 0.3 is 109 Å². The van der Waals surface area contributed by atoms with Crippen molar-refractivity contribution in [3.63, 3.8) is 0 Å². The molecular weight excluding hydrogens is 937 g/mol. The maximum atomic E-state index is 11.3. The molecule has 0 atom stereocenters. The maximum absolute atomic E-state index is 11.3. The van der Waals surface area contributed by atoms with Crippen LogP contribution in [0.3, 0.4) is 0 Å². The van der Waals surface area contributed by atoms with Gasteiger partial charge in [-0.2, -0.15) is 0 Å². The molecule has 288 valence electrons. The third-order valence-corrected chi connectivity index (χ3v) is 9.80. The predicted octanol–water partition coefficient (Wildman–Crippen LogP) is 1.32. The van der Waals surface area contributed by atoms with Crippen LogP contribution in [0.15, 0.2) is 145 Å². The number of rotatable bonds is 7. The Kier molecular flexibility index (Phi) is 27.8. The van der Waals surface area contributed by atoms with Gasteiger partial charge in [-0.15, -0.1) is 0 Å². The van der Waals surface area contributed by atoms with E-state index in [1.165, 1.54) is 30.6 Å². The number of anilines is 1. The number of hydrogen-bond donors (Lipinski definition) is 1. The maximum Gasteiger partial charge on any atom is 1.00 e. The second-order valence-electron chi connectivity index (χ2n) is 11.1. The number of oxazole rings is 2. The fourth-order valence-electron chi connectivity index (χ4n) is 4.54. The van der Waals surface area contributed by atoms with E-state index in [1.807, 2.05) is 43.3 Å². The first-order chi connectivity index (χ1) is 26.6. The Hall–Kier alpha value is -2.17. The molecule has 0 aliphatic carbocycles. The van der Waals surface area contributed by atoms with Crippen LogP contribution in [0.25, 0.3) is 27.5 Å². The van der Waals surface area contributed by atoms with E-state index in [2.05, 4.69) is 86.0 Å². The van der Waals surface area contributed by atoms with Gasteiger partial charge in [-0.25, -0.2) is 25.0 Å². The van der Waals surface area contributed by atoms with Gasteiger partial charge in [-0.05, 0) is 67.6 Å². The summed E-state index contributed by atoms with van der Waals surface area (Å²) < 4.78 is 35.1. The van der Waals surface area contributed by atoms with Gasteiger partial charge in [0.2, 0.25) is 0 Å². The number of nitrogens with one attached hydrogen (secondary N) is 1. The van der Waals surface area contributed by atoms with Crippen molar-refractivity contribution in [1.82, 2.24) is 15.3 Å². The summed E-state index contributed by atoms with van der Waals surface area (Å²) in [6, 6.07) is 30.0. The van der Waals surface area contributed by atoms with Crippen molar-refractivity contribution in [3.8, 4) is 22.6 Å². The summed E-state index contributed by atoms with van der Waals surface area (Å²) in [6.45, 7) is 12.5. The third kappa shape index (κ3) is 20.1. The normalized spacial score (nSPS) is 11.2. The van der Waals surface area contributed by atoms with Crippen molar-refractivity contribution >= 4 is 60.1 Å². The Morgan fingerprint density at radius 3 is 1.68 bits per heavy atom. The number of aldehydes is 1. The minimum Gasteiger partial charge on any atom is -1.00 e. The minimum atomic E-state index is -3.38. The topological polar surface area (TPSA) is 172 Å². The minimum absolute atomic E-state index is 0. The number of carbonyl (C=O) groups is 2. The van der Waals surface area contributed by atoms with Gasteiger partial charge in [0.15, 0.2) is 24.3 Å². The smallest absolute Gasteiger partial charge is 1.00 e. The summed E-state index contributed by atoms with van der Waals surface area (Å²) in [6.07, 6.45) is 7.15. The first-order valence-corrected chi connectivity index (χ1v) is 19.5. The van der Waals surface area contributed by atoms with Crippen LogP contribution in [-0.2, 0) is 19.5 Å². The van der Waals surface area contributed by atoms with Crippen LogP contribution < -0.4 is 118 Å². The molecule has 2 aromatic heterocycles. The molecule has 4 aromatic carbocycles. The molecule has 57 heavy (non-hydrogen) atoms. The Labute approximate surface area is 435 Å². The van der Waals surface area contributed by atoms with Crippen LogP contribution >= 0.6 is 31.9 Å². The van der Waals surface area contributed by atoms with E-state index < -0.39 is 15.7 Å². The van der Waals surface area contributed by atoms with Gasteiger partial charge in [0.05, 0.1) is 17.3 Å². The molecule has 18 heteroatoms. The van der Waals surface area contributed by atoms with E-state index in [-0.39, 0.29) is 116 Å². The number of aryl methyl sites for hydroxylation is 1. The Morgan fingerprint density at radius 1 is 0.825 bits per heavy atom. The van der Waals surface area contributed by atoms with Gasteiger partial charge in [-0.3, -0.25) is 14.4 Å². The van der Waals surface area contributed by atoms with Gasteiger partial charge in [0.25, 0.3) is 16.3 Å². The molecule has 0 spiro atoms. The van der Waals surface area contributed by atoms with Crippen molar-refractivity contribution in [2.24, 2.45) is 0 Å². The van der Waals surface area contributed by atoms with E-state index in [4.69, 9.17) is 25.5 Å². The first kappa shape index (κ1) is 52.9. The number of carbonyl (C=O) groups excluding carboxylic acids is 2. The van der Waals surface area contributed by atoms with E-state index in [0.29, 0.717) is 5.56 Å². The molecule has 7 rings (SSSR count). The van der Waals surface area contributed by atoms with Crippen LogP contribution in [0, 0.1) is 13.5 Å². The average molecular weight is 974 g/mol. The fourth-order valence-corrected chi connectivity index (χ4v) is 5.94. The second-order valence-corrected chi connectivity index (χ2v) is 14.9. The summed E-state index contributed by atoms with van der Waals surface area (Å²) in [5.74, 6) is 1.13. The molecule has 1 fully saturated rings. The molecule has 3 heterocycles. The number of nitrogens with zero attached hydrogens (tertiary/aromatic N) is 4. The number of hydrogen-bond acceptors (Lipinski definition) is 12. The molecule has 0 bridgehead atoms. The average Bonchev–Trinajstić information content (AvgIpc) is 3.97. The van der Waals surface area contributed by atoms with Gasteiger partial charge in [-0.1, -0.05) is 73.8 Å². The molecule has 13 nitrogen and oxygen atoms in total. The summed E-state index contributed by atoms with van der Waals surface area (Å²) in [7, 11) is -3.38. The van der Waals surface area contributed by atoms with Crippen LogP contribution in [0.4, 0.5) is 5.69 Å². The number of halogens is 2. The van der Waals surface area contributed by atoms with Crippen molar-refractivity contribution in [2.75, 3.05) is 37.0 Å². The predicted molar refractivity (Wildman–Crippen MR) is 214 cm³/mol. The van der Waals surface area contributed by atoms with Crippen LogP contribution in [0.5, 0.6) is 0 Å². The fraction of sp³-hybridized carbons (Fsp3) is 0.154. The number of piperazine rings is 1. The zero-order chi connectivity index (χ0) is 39.9. The van der Waals surface area contributed by atoms with Crippen molar-refractivity contribution in [2.45, 2.75) is 11.8 Å². The Bertz CT molecular complexity index is 2140. The molecule has 1 saturated heterocycles. The molecule has 0 radical (unpaired) electrons. The SMILES string of the molecule is Brc1ccc(-c2cnco2)cc1.O=CO[O-].O=Cc1ccc(Br)cc1.[C-]#[N+]CS(=O)(=O)c1ccc(C)cc1.[H-].[K+].[K+].c1ncc(-c2ccc(N3CCNCC3)cc2)o1. The van der Waals surface area contributed by atoms with Crippen molar-refractivity contribution in [3.05, 3.63) is 154 Å². The Balaban J connectivity index is 0.000000726. The molecule has 6 aromatic rings. The molecule has 1 aliphatic heterocycles. The largest absolute Gasteiger partial charge is 1.00 e. The van der Waals surface area contributed by atoms with E-state index in [0.717, 1.165) is 69.6 Å². The zero-order valence-electron chi connectivity index (χ0n) is 32.5. The third-order valence-electron chi connectivity index (χ3n) is 7.29. The molecule has 0 unspecified atom stereocenters. The van der Waals surface area contributed by atoms with E-state index in [1.54, 1.807) is 36.7 Å². The molecule has 1 aliphatic rings. The van der Waals surface area contributed by atoms with Gasteiger partial charge in [0.1, 0.15) is 6.29 Å². The molecule has 0 saturated carbocycles. The molecule has 0 amide bonds. The van der Waals surface area contributed by atoms with Crippen LogP contribution in [0.1, 0.15) is 17.3 Å². The van der Waals surface area contributed by atoms with Gasteiger partial charge in [0, 0.05) is 57.5 Å². The molecule has 1 N–H and O–H groups in total. The van der Waals surface area contributed by atoms with E-state index in [9.17, 15) is 13.2 Å². The number of sulfone groups is 1. The van der Waals surface area contributed by atoms with E-state index >= 15 is 0 Å². The monoisotopic (exact) mass is 971 g/mol. The quantitative estimate of drug-likeness (QED) is 0.0802. The Morgan fingerprint density at radius 2 is 1.28 bits per heavy atom. The standard InChI is InChI=1S/C13H15N3O.C9H6BrNO.C9H9NO2S.C7H5BrO.CH2O3.2K.H/c1-3-12(16-7-5-14-6-8-16)4-2-11(1)13-9-15-10-17-13;10-8-3-1-7(2-4-8)9-5-11-6-12-9;1-8-3-5-9(6-4-8)13(11,12)7-10-2;8-7-3-1-6(5-9)2-4-7;2-1-4-3;;;/h1-4,9-10,14H,5-8H2;1-6H;3-6H,7H2,1H3;1-5H;1,3H;;;/q;;;;;2*+1;-1/p-1. The zero-order valence-corrected chi connectivity index (χ0v) is 41.7. The summed E-state index contributed by atoms with van der Waals surface area (Å²) in [5, 5.41) is 11.8. The number of aromatic nitrogens is 2.